The lowest BCUT2D eigenvalue weighted by Gasteiger charge is -2.24. The zero-order valence-electron chi connectivity index (χ0n) is 10.4. The van der Waals surface area contributed by atoms with E-state index in [1.165, 1.54) is 10.9 Å². The van der Waals surface area contributed by atoms with Crippen molar-refractivity contribution in [2.45, 2.75) is 6.10 Å². The van der Waals surface area contributed by atoms with Crippen molar-refractivity contribution in [3.8, 4) is 5.69 Å². The van der Waals surface area contributed by atoms with Gasteiger partial charge in [-0.05, 0) is 0 Å². The third-order valence-electron chi connectivity index (χ3n) is 3.17. The fourth-order valence-electron chi connectivity index (χ4n) is 2.20. The number of nitrogens with one attached hydrogen (secondary N) is 1. The van der Waals surface area contributed by atoms with Crippen molar-refractivity contribution in [3.05, 3.63) is 47.8 Å². The molecular formula is C13H12F3N3O. The summed E-state index contributed by atoms with van der Waals surface area (Å²) >= 11 is 0. The highest BCUT2D eigenvalue weighted by atomic mass is 19.2. The molecule has 2 aromatic rings. The highest BCUT2D eigenvalue weighted by Gasteiger charge is 2.21. The van der Waals surface area contributed by atoms with Crippen LogP contribution < -0.4 is 5.32 Å². The Morgan fingerprint density at radius 1 is 1.25 bits per heavy atom. The Morgan fingerprint density at radius 3 is 2.65 bits per heavy atom. The fourth-order valence-corrected chi connectivity index (χ4v) is 2.20. The summed E-state index contributed by atoms with van der Waals surface area (Å²) in [6.07, 6.45) is 2.72. The number of imidazole rings is 1. The first-order chi connectivity index (χ1) is 9.66. The Balaban J connectivity index is 2.00. The molecule has 2 heterocycles. The molecule has 0 aliphatic carbocycles. The van der Waals surface area contributed by atoms with Crippen molar-refractivity contribution in [2.75, 3.05) is 19.7 Å². The number of hydrogen-bond donors (Lipinski definition) is 1. The number of nitrogens with zero attached hydrogens (tertiary/aromatic N) is 2. The van der Waals surface area contributed by atoms with E-state index in [0.29, 0.717) is 18.8 Å². The molecule has 106 valence electrons. The molecule has 1 unspecified atom stereocenters. The lowest BCUT2D eigenvalue weighted by Crippen LogP contribution is -2.34. The average Bonchev–Trinajstić information content (AvgIpc) is 2.94. The van der Waals surface area contributed by atoms with Crippen LogP contribution in [0.2, 0.25) is 0 Å². The van der Waals surface area contributed by atoms with Crippen molar-refractivity contribution in [3.63, 3.8) is 0 Å². The number of rotatable bonds is 2. The summed E-state index contributed by atoms with van der Waals surface area (Å²) in [5, 5.41) is 3.16. The van der Waals surface area contributed by atoms with Crippen LogP contribution in [0.5, 0.6) is 0 Å². The lowest BCUT2D eigenvalue weighted by atomic mass is 10.2. The van der Waals surface area contributed by atoms with Crippen molar-refractivity contribution in [1.29, 1.82) is 0 Å². The van der Waals surface area contributed by atoms with Crippen molar-refractivity contribution < 1.29 is 17.9 Å². The van der Waals surface area contributed by atoms with E-state index in [1.54, 1.807) is 6.20 Å². The summed E-state index contributed by atoms with van der Waals surface area (Å²) in [6, 6.07) is 1.86. The van der Waals surface area contributed by atoms with E-state index in [2.05, 4.69) is 10.3 Å². The van der Waals surface area contributed by atoms with Gasteiger partial charge in [-0.25, -0.2) is 18.2 Å². The Morgan fingerprint density at radius 2 is 2.00 bits per heavy atom. The van der Waals surface area contributed by atoms with Crippen LogP contribution >= 0.6 is 0 Å². The Bertz CT molecular complexity index is 600. The first-order valence-corrected chi connectivity index (χ1v) is 6.16. The normalized spacial score (nSPS) is 19.2. The molecule has 4 nitrogen and oxygen atoms in total. The van der Waals surface area contributed by atoms with Crippen LogP contribution in [0.1, 0.15) is 11.8 Å². The van der Waals surface area contributed by atoms with Gasteiger partial charge < -0.3 is 14.6 Å². The number of hydrogen-bond acceptors (Lipinski definition) is 3. The maximum atomic E-state index is 13.3. The molecule has 1 N–H and O–H groups in total. The molecule has 1 aliphatic rings. The monoisotopic (exact) mass is 283 g/mol. The molecule has 7 heteroatoms. The summed E-state index contributed by atoms with van der Waals surface area (Å²) in [5.74, 6) is -3.95. The predicted octanol–water partition coefficient (Wildman–Crippen LogP) is 1.95. The van der Waals surface area contributed by atoms with Crippen LogP contribution in [0.25, 0.3) is 5.69 Å². The minimum atomic E-state index is -1.48. The number of morpholine rings is 1. The molecule has 1 saturated heterocycles. The van der Waals surface area contributed by atoms with Gasteiger partial charge in [0, 0.05) is 25.2 Å². The van der Waals surface area contributed by atoms with E-state index in [1.807, 2.05) is 0 Å². The molecule has 0 bridgehead atoms. The first kappa shape index (κ1) is 13.1. The van der Waals surface area contributed by atoms with Gasteiger partial charge in [0.1, 0.15) is 6.10 Å². The number of benzene rings is 1. The summed E-state index contributed by atoms with van der Waals surface area (Å²) in [5.41, 5.74) is 0.825. The SMILES string of the molecule is Fc1cc(-n2cncc2C2CNCCO2)cc(F)c1F. The molecular weight excluding hydrogens is 271 g/mol. The largest absolute Gasteiger partial charge is 0.369 e. The van der Waals surface area contributed by atoms with Gasteiger partial charge in [0.15, 0.2) is 17.5 Å². The first-order valence-electron chi connectivity index (χ1n) is 6.16. The second-order valence-electron chi connectivity index (χ2n) is 4.48. The molecule has 1 aromatic heterocycles. The van der Waals surface area contributed by atoms with E-state index in [0.717, 1.165) is 18.7 Å². The smallest absolute Gasteiger partial charge is 0.194 e. The molecule has 0 spiro atoms. The quantitative estimate of drug-likeness (QED) is 0.856. The fraction of sp³-hybridized carbons (Fsp3) is 0.308. The standard InChI is InChI=1S/C13H12F3N3O/c14-9-3-8(4-10(15)13(9)16)19-7-18-5-11(19)12-6-17-1-2-20-12/h3-5,7,12,17H,1-2,6H2. The summed E-state index contributed by atoms with van der Waals surface area (Å²) < 4.78 is 46.7. The van der Waals surface area contributed by atoms with Crippen LogP contribution in [0.3, 0.4) is 0 Å². The van der Waals surface area contributed by atoms with E-state index in [4.69, 9.17) is 4.74 Å². The summed E-state index contributed by atoms with van der Waals surface area (Å²) in [7, 11) is 0. The van der Waals surface area contributed by atoms with Gasteiger partial charge in [-0.3, -0.25) is 0 Å². The van der Waals surface area contributed by atoms with Crippen LogP contribution in [0.15, 0.2) is 24.7 Å². The van der Waals surface area contributed by atoms with Gasteiger partial charge in [0.05, 0.1) is 30.5 Å². The maximum Gasteiger partial charge on any atom is 0.194 e. The molecule has 1 atom stereocenters. The third-order valence-corrected chi connectivity index (χ3v) is 3.17. The zero-order valence-corrected chi connectivity index (χ0v) is 10.4. The lowest BCUT2D eigenvalue weighted by molar-refractivity contribution is 0.0240. The average molecular weight is 283 g/mol. The van der Waals surface area contributed by atoms with Crippen LogP contribution in [-0.4, -0.2) is 29.2 Å². The summed E-state index contributed by atoms with van der Waals surface area (Å²) in [4.78, 5) is 3.97. The van der Waals surface area contributed by atoms with Crippen LogP contribution in [0.4, 0.5) is 13.2 Å². The van der Waals surface area contributed by atoms with Gasteiger partial charge >= 0.3 is 0 Å². The Kier molecular flexibility index (Phi) is 3.45. The molecule has 0 amide bonds. The van der Waals surface area contributed by atoms with E-state index in [9.17, 15) is 13.2 Å². The van der Waals surface area contributed by atoms with Crippen molar-refractivity contribution >= 4 is 0 Å². The molecule has 1 fully saturated rings. The number of halogens is 3. The van der Waals surface area contributed by atoms with Crippen LogP contribution in [-0.2, 0) is 4.74 Å². The van der Waals surface area contributed by atoms with Gasteiger partial charge in [0.2, 0.25) is 0 Å². The highest BCUT2D eigenvalue weighted by Crippen LogP contribution is 2.24. The molecule has 0 radical (unpaired) electrons. The highest BCUT2D eigenvalue weighted by molar-refractivity contribution is 5.36. The number of ether oxygens (including phenoxy) is 1. The van der Waals surface area contributed by atoms with Gasteiger partial charge in [-0.2, -0.15) is 0 Å². The molecule has 0 saturated carbocycles. The molecule has 3 rings (SSSR count). The number of aromatic nitrogens is 2. The third kappa shape index (κ3) is 2.30. The van der Waals surface area contributed by atoms with E-state index < -0.39 is 17.5 Å². The van der Waals surface area contributed by atoms with E-state index >= 15 is 0 Å². The van der Waals surface area contributed by atoms with E-state index in [-0.39, 0.29) is 11.8 Å². The van der Waals surface area contributed by atoms with Crippen molar-refractivity contribution in [2.24, 2.45) is 0 Å². The topological polar surface area (TPSA) is 39.1 Å². The van der Waals surface area contributed by atoms with Gasteiger partial charge in [-0.15, -0.1) is 0 Å². The molecule has 1 aliphatic heterocycles. The predicted molar refractivity (Wildman–Crippen MR) is 65.0 cm³/mol. The molecule has 20 heavy (non-hydrogen) atoms. The Labute approximate surface area is 113 Å². The minimum Gasteiger partial charge on any atom is -0.369 e. The zero-order chi connectivity index (χ0) is 14.1. The minimum absolute atomic E-state index is 0.170. The van der Waals surface area contributed by atoms with Gasteiger partial charge in [0.25, 0.3) is 0 Å². The second-order valence-corrected chi connectivity index (χ2v) is 4.48. The second kappa shape index (κ2) is 5.26. The van der Waals surface area contributed by atoms with Crippen molar-refractivity contribution in [1.82, 2.24) is 14.9 Å². The summed E-state index contributed by atoms with van der Waals surface area (Å²) in [6.45, 7) is 1.88. The molecule has 1 aromatic carbocycles. The van der Waals surface area contributed by atoms with Crippen LogP contribution in [0, 0.1) is 17.5 Å². The Hall–Kier alpha value is -1.86. The maximum absolute atomic E-state index is 13.3. The van der Waals surface area contributed by atoms with Gasteiger partial charge in [-0.1, -0.05) is 0 Å².